The largest absolute Gasteiger partial charge is 0.486 e. The Morgan fingerprint density at radius 1 is 0.862 bits per heavy atom. The summed E-state index contributed by atoms with van der Waals surface area (Å²) >= 11 is 0. The predicted molar refractivity (Wildman–Crippen MR) is 116 cm³/mol. The number of ether oxygens (including phenoxy) is 2. The summed E-state index contributed by atoms with van der Waals surface area (Å²) in [4.78, 5) is 7.50. The maximum absolute atomic E-state index is 5.80. The molecule has 0 N–H and O–H groups in total. The molecule has 5 heteroatoms. The van der Waals surface area contributed by atoms with Crippen LogP contribution in [0.15, 0.2) is 42.5 Å². The van der Waals surface area contributed by atoms with Crippen LogP contribution in [0.5, 0.6) is 11.5 Å². The first kappa shape index (κ1) is 18.8. The summed E-state index contributed by atoms with van der Waals surface area (Å²) < 4.78 is 11.5. The number of likely N-dealkylation sites (tertiary alicyclic amines) is 1. The fraction of sp³-hybridized carbons (Fsp3) is 0.500. The van der Waals surface area contributed by atoms with Gasteiger partial charge >= 0.3 is 0 Å². The Morgan fingerprint density at radius 2 is 1.62 bits per heavy atom. The lowest BCUT2D eigenvalue weighted by Crippen LogP contribution is -2.44. The third-order valence-electron chi connectivity index (χ3n) is 6.51. The van der Waals surface area contributed by atoms with Crippen LogP contribution in [0, 0.1) is 0 Å². The number of hydrogen-bond donors (Lipinski definition) is 0. The monoisotopic (exact) mass is 393 g/mol. The lowest BCUT2D eigenvalue weighted by Gasteiger charge is -2.34. The number of rotatable bonds is 4. The molecule has 3 heterocycles. The number of piperazine rings is 1. The van der Waals surface area contributed by atoms with Crippen molar-refractivity contribution in [1.29, 1.82) is 0 Å². The van der Waals surface area contributed by atoms with Gasteiger partial charge in [0.15, 0.2) is 11.5 Å². The molecule has 5 rings (SSSR count). The van der Waals surface area contributed by atoms with Crippen LogP contribution < -0.4 is 14.4 Å². The maximum Gasteiger partial charge on any atom is 0.161 e. The van der Waals surface area contributed by atoms with Crippen LogP contribution in [-0.2, 0) is 6.54 Å². The second-order valence-electron chi connectivity index (χ2n) is 8.49. The van der Waals surface area contributed by atoms with Crippen molar-refractivity contribution in [3.8, 4) is 11.5 Å². The van der Waals surface area contributed by atoms with Crippen LogP contribution in [0.25, 0.3) is 0 Å². The fourth-order valence-electron chi connectivity index (χ4n) is 4.77. The van der Waals surface area contributed by atoms with Gasteiger partial charge in [0.1, 0.15) is 13.2 Å². The summed E-state index contributed by atoms with van der Waals surface area (Å²) in [6, 6.07) is 16.2. The van der Waals surface area contributed by atoms with E-state index in [4.69, 9.17) is 9.47 Å². The van der Waals surface area contributed by atoms with Gasteiger partial charge in [0.05, 0.1) is 0 Å². The summed E-state index contributed by atoms with van der Waals surface area (Å²) in [5.41, 5.74) is 4.10. The van der Waals surface area contributed by atoms with Gasteiger partial charge in [0, 0.05) is 44.5 Å². The van der Waals surface area contributed by atoms with Crippen molar-refractivity contribution in [2.75, 3.05) is 57.9 Å². The number of hydrogen-bond acceptors (Lipinski definition) is 5. The van der Waals surface area contributed by atoms with E-state index in [0.29, 0.717) is 19.3 Å². The minimum absolute atomic E-state index is 0.461. The van der Waals surface area contributed by atoms with E-state index < -0.39 is 0 Å². The Labute approximate surface area is 173 Å². The number of benzene rings is 2. The predicted octanol–water partition coefficient (Wildman–Crippen LogP) is 3.55. The highest BCUT2D eigenvalue weighted by Gasteiger charge is 2.27. The van der Waals surface area contributed by atoms with Crippen LogP contribution in [-0.4, -0.2) is 62.8 Å². The van der Waals surface area contributed by atoms with Crippen molar-refractivity contribution < 1.29 is 9.47 Å². The van der Waals surface area contributed by atoms with Crippen molar-refractivity contribution in [3.63, 3.8) is 0 Å². The molecule has 0 saturated carbocycles. The molecular weight excluding hydrogens is 362 g/mol. The second kappa shape index (κ2) is 8.25. The van der Waals surface area contributed by atoms with Crippen LogP contribution >= 0.6 is 0 Å². The van der Waals surface area contributed by atoms with Crippen LogP contribution in [0.1, 0.15) is 30.0 Å². The Hall–Kier alpha value is -2.24. The summed E-state index contributed by atoms with van der Waals surface area (Å²) in [5.74, 6) is 1.78. The van der Waals surface area contributed by atoms with Gasteiger partial charge < -0.3 is 19.3 Å². The van der Waals surface area contributed by atoms with Gasteiger partial charge in [0.2, 0.25) is 0 Å². The SMILES string of the molecule is CN1CCN(c2ccc(CN3CCC[C@H]3c3ccc4c(c3)OCCO4)cc2)CC1. The van der Waals surface area contributed by atoms with E-state index in [1.54, 1.807) is 0 Å². The molecule has 2 saturated heterocycles. The molecule has 2 aromatic carbocycles. The van der Waals surface area contributed by atoms with E-state index in [2.05, 4.69) is 64.2 Å². The van der Waals surface area contributed by atoms with E-state index >= 15 is 0 Å². The van der Waals surface area contributed by atoms with Crippen LogP contribution in [0.2, 0.25) is 0 Å². The van der Waals surface area contributed by atoms with Crippen molar-refractivity contribution >= 4 is 5.69 Å². The highest BCUT2D eigenvalue weighted by molar-refractivity contribution is 5.48. The molecule has 3 aliphatic rings. The van der Waals surface area contributed by atoms with Crippen LogP contribution in [0.4, 0.5) is 5.69 Å². The van der Waals surface area contributed by atoms with Gasteiger partial charge in [0.25, 0.3) is 0 Å². The van der Waals surface area contributed by atoms with Gasteiger partial charge in [-0.25, -0.2) is 0 Å². The van der Waals surface area contributed by atoms with E-state index in [1.165, 1.54) is 29.7 Å². The summed E-state index contributed by atoms with van der Waals surface area (Å²) in [6.45, 7) is 7.97. The average molecular weight is 394 g/mol. The molecule has 154 valence electrons. The quantitative estimate of drug-likeness (QED) is 0.792. The van der Waals surface area contributed by atoms with Crippen molar-refractivity contribution in [2.24, 2.45) is 0 Å². The molecule has 0 aromatic heterocycles. The van der Waals surface area contributed by atoms with E-state index in [0.717, 1.165) is 50.8 Å². The van der Waals surface area contributed by atoms with Crippen LogP contribution in [0.3, 0.4) is 0 Å². The van der Waals surface area contributed by atoms with E-state index in [9.17, 15) is 0 Å². The first-order chi connectivity index (χ1) is 14.3. The number of anilines is 1. The second-order valence-corrected chi connectivity index (χ2v) is 8.49. The Bertz CT molecular complexity index is 831. The molecule has 0 bridgehead atoms. The third-order valence-corrected chi connectivity index (χ3v) is 6.51. The van der Waals surface area contributed by atoms with Gasteiger partial charge in [-0.1, -0.05) is 18.2 Å². The number of fused-ring (bicyclic) bond motifs is 1. The maximum atomic E-state index is 5.80. The first-order valence-corrected chi connectivity index (χ1v) is 10.9. The number of nitrogens with zero attached hydrogens (tertiary/aromatic N) is 3. The molecule has 0 amide bonds. The van der Waals surface area contributed by atoms with Gasteiger partial charge in [-0.3, -0.25) is 4.90 Å². The first-order valence-electron chi connectivity index (χ1n) is 10.9. The molecule has 0 spiro atoms. The molecule has 5 nitrogen and oxygen atoms in total. The standard InChI is InChI=1S/C24H31N3O2/c1-25-11-13-26(14-12-25)21-7-4-19(5-8-21)18-27-10-2-3-22(27)20-6-9-23-24(17-20)29-16-15-28-23/h4-9,17,22H,2-3,10-16,18H2,1H3/t22-/m0/s1. The minimum Gasteiger partial charge on any atom is -0.486 e. The van der Waals surface area contributed by atoms with E-state index in [1.807, 2.05) is 0 Å². The lowest BCUT2D eigenvalue weighted by atomic mass is 10.0. The van der Waals surface area contributed by atoms with Crippen molar-refractivity contribution in [1.82, 2.24) is 9.80 Å². The molecule has 2 aromatic rings. The third kappa shape index (κ3) is 4.07. The average Bonchev–Trinajstić information content (AvgIpc) is 3.23. The summed E-state index contributed by atoms with van der Waals surface area (Å²) in [7, 11) is 2.20. The topological polar surface area (TPSA) is 28.2 Å². The molecule has 29 heavy (non-hydrogen) atoms. The Morgan fingerprint density at radius 3 is 2.41 bits per heavy atom. The summed E-state index contributed by atoms with van der Waals surface area (Å²) in [6.07, 6.45) is 2.46. The molecular formula is C24H31N3O2. The highest BCUT2D eigenvalue weighted by atomic mass is 16.6. The zero-order chi connectivity index (χ0) is 19.6. The zero-order valence-corrected chi connectivity index (χ0v) is 17.3. The Kier molecular flexibility index (Phi) is 5.34. The number of likely N-dealkylation sites (N-methyl/N-ethyl adjacent to an activating group) is 1. The zero-order valence-electron chi connectivity index (χ0n) is 17.3. The fourth-order valence-corrected chi connectivity index (χ4v) is 4.77. The molecule has 3 aliphatic heterocycles. The van der Waals surface area contributed by atoms with Gasteiger partial charge in [-0.15, -0.1) is 0 Å². The Balaban J connectivity index is 1.26. The van der Waals surface area contributed by atoms with Gasteiger partial charge in [-0.05, 0) is 61.8 Å². The summed E-state index contributed by atoms with van der Waals surface area (Å²) in [5, 5.41) is 0. The molecule has 0 radical (unpaired) electrons. The molecule has 0 unspecified atom stereocenters. The lowest BCUT2D eigenvalue weighted by molar-refractivity contribution is 0.170. The van der Waals surface area contributed by atoms with Crippen molar-refractivity contribution in [3.05, 3.63) is 53.6 Å². The normalized spacial score (nSPS) is 22.8. The minimum atomic E-state index is 0.461. The molecule has 1 atom stereocenters. The van der Waals surface area contributed by atoms with Crippen molar-refractivity contribution in [2.45, 2.75) is 25.4 Å². The highest BCUT2D eigenvalue weighted by Crippen LogP contribution is 2.38. The van der Waals surface area contributed by atoms with Gasteiger partial charge in [-0.2, -0.15) is 0 Å². The molecule has 0 aliphatic carbocycles. The molecule has 2 fully saturated rings. The van der Waals surface area contributed by atoms with E-state index in [-0.39, 0.29) is 0 Å². The smallest absolute Gasteiger partial charge is 0.161 e.